The van der Waals surface area contributed by atoms with E-state index in [1.54, 1.807) is 28.4 Å². The maximum absolute atomic E-state index is 12.0. The minimum Gasteiger partial charge on any atom is -0.493 e. The number of hydrogen-bond acceptors (Lipinski definition) is 6. The van der Waals surface area contributed by atoms with E-state index in [2.05, 4.69) is 20.9 Å². The fourth-order valence-corrected chi connectivity index (χ4v) is 2.83. The number of nitrogens with one attached hydrogen (secondary N) is 3. The van der Waals surface area contributed by atoms with Gasteiger partial charge in [0.2, 0.25) is 5.75 Å². The molecule has 1 rings (SSSR count). The highest BCUT2D eigenvalue weighted by Crippen LogP contribution is 2.39. The molecule has 0 aliphatic carbocycles. The van der Waals surface area contributed by atoms with E-state index in [-0.39, 0.29) is 24.0 Å². The number of amides is 1. The Labute approximate surface area is 209 Å². The van der Waals surface area contributed by atoms with E-state index < -0.39 is 17.2 Å². The Morgan fingerprint density at radius 2 is 1.59 bits per heavy atom. The first kappa shape index (κ1) is 29.9. The zero-order valence-electron chi connectivity index (χ0n) is 20.7. The van der Waals surface area contributed by atoms with Gasteiger partial charge < -0.3 is 34.9 Å². The lowest BCUT2D eigenvalue weighted by Gasteiger charge is -2.29. The molecule has 0 aromatic heterocycles. The number of halogens is 1. The van der Waals surface area contributed by atoms with Gasteiger partial charge in [0.05, 0.1) is 26.9 Å². The van der Waals surface area contributed by atoms with Crippen LogP contribution in [-0.4, -0.2) is 64.7 Å². The van der Waals surface area contributed by atoms with Gasteiger partial charge in [-0.2, -0.15) is 0 Å². The topological polar surface area (TPSA) is 102 Å². The lowest BCUT2D eigenvalue weighted by molar-refractivity contribution is 0.0474. The number of nitrogens with zero attached hydrogens (tertiary/aromatic N) is 1. The van der Waals surface area contributed by atoms with E-state index in [4.69, 9.17) is 18.9 Å². The predicted molar refractivity (Wildman–Crippen MR) is 138 cm³/mol. The monoisotopic (exact) mass is 566 g/mol. The van der Waals surface area contributed by atoms with Crippen LogP contribution in [-0.2, 0) is 11.2 Å². The van der Waals surface area contributed by atoms with Crippen molar-refractivity contribution in [2.75, 3.05) is 41.5 Å². The number of alkyl carbamates (subject to hydrolysis) is 1. The third kappa shape index (κ3) is 10.0. The fraction of sp³-hybridized carbons (Fsp3) is 0.636. The number of ether oxygens (including phenoxy) is 4. The van der Waals surface area contributed by atoms with Gasteiger partial charge in [0.25, 0.3) is 0 Å². The average Bonchev–Trinajstić information content (AvgIpc) is 2.67. The van der Waals surface area contributed by atoms with Crippen LogP contribution in [0.3, 0.4) is 0 Å². The van der Waals surface area contributed by atoms with E-state index in [0.29, 0.717) is 42.7 Å². The van der Waals surface area contributed by atoms with Crippen LogP contribution in [0.1, 0.15) is 40.2 Å². The third-order valence-corrected chi connectivity index (χ3v) is 4.23. The molecular formula is C22H39IN4O5. The van der Waals surface area contributed by atoms with Crippen molar-refractivity contribution in [2.45, 2.75) is 52.2 Å². The second-order valence-electron chi connectivity index (χ2n) is 8.61. The van der Waals surface area contributed by atoms with Gasteiger partial charge in [-0.1, -0.05) is 6.07 Å². The van der Waals surface area contributed by atoms with Gasteiger partial charge in [0, 0.05) is 25.7 Å². The minimum absolute atomic E-state index is 0. The smallest absolute Gasteiger partial charge is 0.408 e. The number of aliphatic imine (C=N–C) groups is 1. The number of rotatable bonds is 9. The maximum atomic E-state index is 12.0. The number of methoxy groups -OCH3 is 3. The van der Waals surface area contributed by atoms with Crippen molar-refractivity contribution in [3.05, 3.63) is 17.7 Å². The van der Waals surface area contributed by atoms with E-state index in [1.807, 2.05) is 46.8 Å². The zero-order chi connectivity index (χ0) is 23.7. The van der Waals surface area contributed by atoms with E-state index in [0.717, 1.165) is 5.56 Å². The standard InChI is InChI=1S/C22H38N4O5.HI/c1-21(2,3)31-20(27)26-22(4,5)14-25-19(23-6)24-13-12-15-10-11-16(28-7)18(30-9)17(15)29-8;/h10-11H,12-14H2,1-9H3,(H,26,27)(H2,23,24,25);1H. The van der Waals surface area contributed by atoms with E-state index in [1.165, 1.54) is 0 Å². The van der Waals surface area contributed by atoms with Crippen LogP contribution in [0.4, 0.5) is 4.79 Å². The first-order chi connectivity index (χ1) is 14.5. The average molecular weight is 566 g/mol. The summed E-state index contributed by atoms with van der Waals surface area (Å²) in [4.78, 5) is 16.3. The second kappa shape index (κ2) is 13.4. The quantitative estimate of drug-likeness (QED) is 0.240. The summed E-state index contributed by atoms with van der Waals surface area (Å²) in [5, 5.41) is 9.36. The summed E-state index contributed by atoms with van der Waals surface area (Å²) in [7, 11) is 6.48. The highest BCUT2D eigenvalue weighted by molar-refractivity contribution is 14.0. The molecule has 0 saturated carbocycles. The van der Waals surface area contributed by atoms with Crippen molar-refractivity contribution >= 4 is 36.0 Å². The Kier molecular flexibility index (Phi) is 12.6. The van der Waals surface area contributed by atoms with Crippen LogP contribution in [0.2, 0.25) is 0 Å². The van der Waals surface area contributed by atoms with Crippen LogP contribution in [0.5, 0.6) is 17.2 Å². The summed E-state index contributed by atoms with van der Waals surface area (Å²) < 4.78 is 21.6. The molecule has 32 heavy (non-hydrogen) atoms. The largest absolute Gasteiger partial charge is 0.493 e. The molecule has 0 radical (unpaired) electrons. The van der Waals surface area contributed by atoms with Gasteiger partial charge in [-0.3, -0.25) is 4.99 Å². The molecule has 0 fully saturated rings. The molecule has 0 aliphatic heterocycles. The molecule has 1 amide bonds. The van der Waals surface area contributed by atoms with Crippen molar-refractivity contribution < 1.29 is 23.7 Å². The fourth-order valence-electron chi connectivity index (χ4n) is 2.83. The number of guanidine groups is 1. The number of carbonyl (C=O) groups is 1. The van der Waals surface area contributed by atoms with Gasteiger partial charge >= 0.3 is 6.09 Å². The highest BCUT2D eigenvalue weighted by Gasteiger charge is 2.24. The van der Waals surface area contributed by atoms with Crippen LogP contribution >= 0.6 is 24.0 Å². The molecule has 0 saturated heterocycles. The normalized spacial score (nSPS) is 11.7. The first-order valence-corrected chi connectivity index (χ1v) is 10.2. The summed E-state index contributed by atoms with van der Waals surface area (Å²) in [6.45, 7) is 10.4. The van der Waals surface area contributed by atoms with Crippen molar-refractivity contribution in [2.24, 2.45) is 4.99 Å². The number of carbonyl (C=O) groups excluding carboxylic acids is 1. The van der Waals surface area contributed by atoms with E-state index in [9.17, 15) is 4.79 Å². The highest BCUT2D eigenvalue weighted by atomic mass is 127. The molecular weight excluding hydrogens is 527 g/mol. The Hall–Kier alpha value is -2.11. The van der Waals surface area contributed by atoms with Gasteiger partial charge in [-0.25, -0.2) is 4.79 Å². The third-order valence-electron chi connectivity index (χ3n) is 4.23. The SMILES string of the molecule is CN=C(NCCc1ccc(OC)c(OC)c1OC)NCC(C)(C)NC(=O)OC(C)(C)C.I. The molecule has 0 atom stereocenters. The van der Waals surface area contributed by atoms with Gasteiger partial charge in [-0.05, 0) is 47.1 Å². The molecule has 0 heterocycles. The van der Waals surface area contributed by atoms with Crippen molar-refractivity contribution in [3.63, 3.8) is 0 Å². The molecule has 0 unspecified atom stereocenters. The molecule has 0 spiro atoms. The number of benzene rings is 1. The summed E-state index contributed by atoms with van der Waals surface area (Å²) in [6.07, 6.45) is 0.229. The van der Waals surface area contributed by atoms with Gasteiger partial charge in [0.1, 0.15) is 5.60 Å². The van der Waals surface area contributed by atoms with Crippen molar-refractivity contribution in [1.29, 1.82) is 0 Å². The minimum atomic E-state index is -0.545. The Morgan fingerprint density at radius 1 is 0.969 bits per heavy atom. The molecule has 10 heteroatoms. The second-order valence-corrected chi connectivity index (χ2v) is 8.61. The lowest BCUT2D eigenvalue weighted by atomic mass is 10.1. The van der Waals surface area contributed by atoms with Crippen LogP contribution in [0.25, 0.3) is 0 Å². The predicted octanol–water partition coefficient (Wildman–Crippen LogP) is 3.34. The maximum Gasteiger partial charge on any atom is 0.408 e. The lowest BCUT2D eigenvalue weighted by Crippen LogP contribution is -2.54. The van der Waals surface area contributed by atoms with Gasteiger partial charge in [-0.15, -0.1) is 24.0 Å². The summed E-state index contributed by atoms with van der Waals surface area (Å²) in [6, 6.07) is 3.81. The zero-order valence-corrected chi connectivity index (χ0v) is 23.0. The van der Waals surface area contributed by atoms with E-state index >= 15 is 0 Å². The molecule has 1 aromatic carbocycles. The molecule has 1 aromatic rings. The van der Waals surface area contributed by atoms with Crippen molar-refractivity contribution in [1.82, 2.24) is 16.0 Å². The summed E-state index contributed by atoms with van der Waals surface area (Å²) >= 11 is 0. The molecule has 0 bridgehead atoms. The van der Waals surface area contributed by atoms with Crippen molar-refractivity contribution in [3.8, 4) is 17.2 Å². The van der Waals surface area contributed by atoms with Crippen LogP contribution < -0.4 is 30.2 Å². The first-order valence-electron chi connectivity index (χ1n) is 10.2. The Balaban J connectivity index is 0.00000961. The molecule has 0 aliphatic rings. The molecule has 184 valence electrons. The number of hydrogen-bond donors (Lipinski definition) is 3. The summed E-state index contributed by atoms with van der Waals surface area (Å²) in [5.41, 5.74) is -0.0989. The Bertz CT molecular complexity index is 763. The molecule has 3 N–H and O–H groups in total. The summed E-state index contributed by atoms with van der Waals surface area (Å²) in [5.74, 6) is 2.46. The molecule has 9 nitrogen and oxygen atoms in total. The van der Waals surface area contributed by atoms with Crippen LogP contribution in [0, 0.1) is 0 Å². The Morgan fingerprint density at radius 3 is 2.09 bits per heavy atom. The van der Waals surface area contributed by atoms with Crippen LogP contribution in [0.15, 0.2) is 17.1 Å². The van der Waals surface area contributed by atoms with Gasteiger partial charge in [0.15, 0.2) is 17.5 Å².